The molecule has 1 fully saturated rings. The number of nitrogens with one attached hydrogen (secondary N) is 1. The second-order valence-electron chi connectivity index (χ2n) is 5.60. The van der Waals surface area contributed by atoms with Crippen molar-refractivity contribution < 1.29 is 4.74 Å². The average Bonchev–Trinajstić information content (AvgIpc) is 3.05. The third-order valence-electron chi connectivity index (χ3n) is 3.93. The zero-order valence-corrected chi connectivity index (χ0v) is 17.4. The van der Waals surface area contributed by atoms with Crippen molar-refractivity contribution in [3.05, 3.63) is 29.8 Å². The van der Waals surface area contributed by atoms with Gasteiger partial charge >= 0.3 is 0 Å². The van der Waals surface area contributed by atoms with Crippen LogP contribution in [0.3, 0.4) is 0 Å². The number of ether oxygens (including phenoxy) is 1. The maximum Gasteiger partial charge on any atom is 0.193 e. The predicted octanol–water partition coefficient (Wildman–Crippen LogP) is 3.60. The Morgan fingerprint density at radius 2 is 2.13 bits per heavy atom. The highest BCUT2D eigenvalue weighted by molar-refractivity contribution is 14.0. The molecule has 6 heteroatoms. The summed E-state index contributed by atoms with van der Waals surface area (Å²) in [6.07, 6.45) is 5.97. The van der Waals surface area contributed by atoms with Gasteiger partial charge in [-0.25, -0.2) is 0 Å². The molecule has 0 spiro atoms. The van der Waals surface area contributed by atoms with Gasteiger partial charge in [0.05, 0.1) is 6.10 Å². The number of rotatable bonds is 6. The lowest BCUT2D eigenvalue weighted by molar-refractivity contribution is 0.105. The van der Waals surface area contributed by atoms with Gasteiger partial charge < -0.3 is 15.0 Å². The molecular weight excluding hydrogens is 421 g/mol. The van der Waals surface area contributed by atoms with Crippen molar-refractivity contribution in [2.45, 2.75) is 36.8 Å². The third-order valence-corrected chi connectivity index (χ3v) is 4.67. The van der Waals surface area contributed by atoms with Crippen molar-refractivity contribution in [1.82, 2.24) is 10.2 Å². The van der Waals surface area contributed by atoms with Crippen molar-refractivity contribution in [3.63, 3.8) is 0 Å². The van der Waals surface area contributed by atoms with Crippen molar-refractivity contribution in [1.29, 1.82) is 0 Å². The molecule has 1 heterocycles. The van der Waals surface area contributed by atoms with Gasteiger partial charge in [-0.15, -0.1) is 35.7 Å². The van der Waals surface area contributed by atoms with Gasteiger partial charge in [0.25, 0.3) is 0 Å². The number of nitrogens with zero attached hydrogens (tertiary/aromatic N) is 2. The Labute approximate surface area is 161 Å². The fourth-order valence-corrected chi connectivity index (χ4v) is 3.09. The molecule has 1 aliphatic rings. The molecule has 2 rings (SSSR count). The van der Waals surface area contributed by atoms with Gasteiger partial charge in [-0.3, -0.25) is 4.99 Å². The molecule has 0 radical (unpaired) electrons. The summed E-state index contributed by atoms with van der Waals surface area (Å²) in [5.74, 6) is 0.937. The summed E-state index contributed by atoms with van der Waals surface area (Å²) in [5, 5.41) is 3.43. The fraction of sp³-hybridized carbons (Fsp3) is 0.588. The first-order valence-corrected chi connectivity index (χ1v) is 9.11. The van der Waals surface area contributed by atoms with Gasteiger partial charge in [-0.05, 0) is 43.2 Å². The van der Waals surface area contributed by atoms with E-state index in [1.165, 1.54) is 23.3 Å². The van der Waals surface area contributed by atoms with Crippen LogP contribution in [0.25, 0.3) is 0 Å². The summed E-state index contributed by atoms with van der Waals surface area (Å²) in [6.45, 7) is 2.69. The molecule has 1 unspecified atom stereocenters. The molecule has 0 aliphatic carbocycles. The quantitative estimate of drug-likeness (QED) is 0.312. The molecule has 0 aromatic heterocycles. The Balaban J connectivity index is 0.00000264. The molecular formula is C17H28IN3OS. The first kappa shape index (κ1) is 20.6. The summed E-state index contributed by atoms with van der Waals surface area (Å²) in [6, 6.07) is 8.70. The minimum absolute atomic E-state index is 0. The average molecular weight is 449 g/mol. The smallest absolute Gasteiger partial charge is 0.193 e. The predicted molar refractivity (Wildman–Crippen MR) is 110 cm³/mol. The molecule has 1 aromatic rings. The Morgan fingerprint density at radius 1 is 1.39 bits per heavy atom. The van der Waals surface area contributed by atoms with Crippen LogP contribution in [0.2, 0.25) is 0 Å². The molecule has 0 bridgehead atoms. The molecule has 4 nitrogen and oxygen atoms in total. The van der Waals surface area contributed by atoms with Crippen LogP contribution in [-0.2, 0) is 11.3 Å². The molecule has 1 atom stereocenters. The van der Waals surface area contributed by atoms with Gasteiger partial charge in [0.2, 0.25) is 0 Å². The van der Waals surface area contributed by atoms with E-state index in [-0.39, 0.29) is 24.0 Å². The summed E-state index contributed by atoms with van der Waals surface area (Å²) in [7, 11) is 3.91. The number of halogens is 1. The molecule has 0 amide bonds. The topological polar surface area (TPSA) is 36.9 Å². The van der Waals surface area contributed by atoms with Crippen LogP contribution < -0.4 is 5.32 Å². The van der Waals surface area contributed by atoms with Gasteiger partial charge in [0.15, 0.2) is 5.96 Å². The van der Waals surface area contributed by atoms with E-state index in [1.807, 2.05) is 7.05 Å². The van der Waals surface area contributed by atoms with E-state index in [2.05, 4.69) is 52.8 Å². The van der Waals surface area contributed by atoms with Crippen LogP contribution in [0, 0.1) is 0 Å². The van der Waals surface area contributed by atoms with E-state index in [1.54, 1.807) is 11.8 Å². The fourth-order valence-electron chi connectivity index (χ4n) is 2.68. The number of hydrogen-bond donors (Lipinski definition) is 1. The van der Waals surface area contributed by atoms with E-state index in [0.717, 1.165) is 32.1 Å². The first-order valence-electron chi connectivity index (χ1n) is 7.89. The molecule has 1 saturated heterocycles. The van der Waals surface area contributed by atoms with Crippen LogP contribution >= 0.6 is 35.7 Å². The van der Waals surface area contributed by atoms with Gasteiger partial charge in [0, 0.05) is 38.7 Å². The molecule has 1 aliphatic heterocycles. The lowest BCUT2D eigenvalue weighted by Crippen LogP contribution is -2.39. The van der Waals surface area contributed by atoms with Crippen molar-refractivity contribution in [2.24, 2.45) is 4.99 Å². The largest absolute Gasteiger partial charge is 0.378 e. The van der Waals surface area contributed by atoms with Crippen LogP contribution in [0.5, 0.6) is 0 Å². The standard InChI is InChI=1S/C17H27N3OS.HI/c1-18-17(19-11-10-15-5-4-12-21-15)20(2)13-14-6-8-16(22-3)9-7-14;/h6-9,15H,4-5,10-13H2,1-3H3,(H,18,19);1H. The highest BCUT2D eigenvalue weighted by Crippen LogP contribution is 2.16. The van der Waals surface area contributed by atoms with Crippen LogP contribution in [0.4, 0.5) is 0 Å². The summed E-state index contributed by atoms with van der Waals surface area (Å²) in [4.78, 5) is 7.82. The highest BCUT2D eigenvalue weighted by atomic mass is 127. The SMILES string of the molecule is CN=C(NCCC1CCCO1)N(C)Cc1ccc(SC)cc1.I. The maximum absolute atomic E-state index is 5.65. The lowest BCUT2D eigenvalue weighted by Gasteiger charge is -2.23. The van der Waals surface area contributed by atoms with E-state index in [0.29, 0.717) is 6.10 Å². The lowest BCUT2D eigenvalue weighted by atomic mass is 10.2. The molecule has 23 heavy (non-hydrogen) atoms. The number of guanidine groups is 1. The number of aliphatic imine (C=N–C) groups is 1. The third kappa shape index (κ3) is 6.89. The molecule has 130 valence electrons. The Hall–Kier alpha value is -0.470. The zero-order valence-electron chi connectivity index (χ0n) is 14.2. The second kappa shape index (κ2) is 11.1. The summed E-state index contributed by atoms with van der Waals surface area (Å²) < 4.78 is 5.65. The van der Waals surface area contributed by atoms with Crippen molar-refractivity contribution in [3.8, 4) is 0 Å². The van der Waals surface area contributed by atoms with Crippen LogP contribution in [-0.4, -0.2) is 50.5 Å². The Morgan fingerprint density at radius 3 is 2.70 bits per heavy atom. The molecule has 0 saturated carbocycles. The number of benzene rings is 1. The maximum atomic E-state index is 5.65. The monoisotopic (exact) mass is 449 g/mol. The molecule has 1 aromatic carbocycles. The van der Waals surface area contributed by atoms with Gasteiger partial charge in [0.1, 0.15) is 0 Å². The van der Waals surface area contributed by atoms with Gasteiger partial charge in [-0.1, -0.05) is 12.1 Å². The van der Waals surface area contributed by atoms with Crippen LogP contribution in [0.1, 0.15) is 24.8 Å². The number of thioether (sulfide) groups is 1. The summed E-state index contributed by atoms with van der Waals surface area (Å²) >= 11 is 1.77. The van der Waals surface area contributed by atoms with E-state index in [9.17, 15) is 0 Å². The minimum Gasteiger partial charge on any atom is -0.378 e. The highest BCUT2D eigenvalue weighted by Gasteiger charge is 2.15. The van der Waals surface area contributed by atoms with Crippen molar-refractivity contribution >= 4 is 41.7 Å². The van der Waals surface area contributed by atoms with E-state index in [4.69, 9.17) is 4.74 Å². The minimum atomic E-state index is 0. The van der Waals surface area contributed by atoms with Crippen molar-refractivity contribution in [2.75, 3.05) is 33.5 Å². The summed E-state index contributed by atoms with van der Waals surface area (Å²) in [5.41, 5.74) is 1.29. The van der Waals surface area contributed by atoms with E-state index >= 15 is 0 Å². The number of hydrogen-bond acceptors (Lipinski definition) is 3. The molecule has 1 N–H and O–H groups in total. The van der Waals surface area contributed by atoms with E-state index < -0.39 is 0 Å². The zero-order chi connectivity index (χ0) is 15.8. The Bertz CT molecular complexity index is 475. The van der Waals surface area contributed by atoms with Crippen LogP contribution in [0.15, 0.2) is 34.2 Å². The first-order chi connectivity index (χ1) is 10.7. The Kier molecular flexibility index (Phi) is 9.97. The second-order valence-corrected chi connectivity index (χ2v) is 6.48. The van der Waals surface area contributed by atoms with Gasteiger partial charge in [-0.2, -0.15) is 0 Å². The normalized spacial score (nSPS) is 17.7.